The summed E-state index contributed by atoms with van der Waals surface area (Å²) in [5.74, 6) is 1.05. The fraction of sp³-hybridized carbons (Fsp3) is 0.364. The number of hydrogen-bond donors (Lipinski definition) is 1. The van der Waals surface area contributed by atoms with Crippen LogP contribution in [0, 0.1) is 0 Å². The first kappa shape index (κ1) is 10.6. The van der Waals surface area contributed by atoms with Crippen LogP contribution in [0.15, 0.2) is 22.8 Å². The van der Waals surface area contributed by atoms with Crippen molar-refractivity contribution in [1.82, 2.24) is 9.38 Å². The zero-order valence-electron chi connectivity index (χ0n) is 8.87. The lowest BCUT2D eigenvalue weighted by atomic mass is 10.2. The molecule has 0 aliphatic rings. The molecule has 0 aliphatic heterocycles. The van der Waals surface area contributed by atoms with Gasteiger partial charge in [-0.1, -0.05) is 6.92 Å². The van der Waals surface area contributed by atoms with Crippen LogP contribution in [0.4, 0.5) is 0 Å². The minimum absolute atomic E-state index is 0.0264. The predicted molar refractivity (Wildman–Crippen MR) is 64.9 cm³/mol. The first-order chi connectivity index (χ1) is 7.13. The Morgan fingerprint density at radius 1 is 1.53 bits per heavy atom. The van der Waals surface area contributed by atoms with E-state index in [0.29, 0.717) is 0 Å². The van der Waals surface area contributed by atoms with Crippen LogP contribution >= 0.6 is 15.9 Å². The fourth-order valence-electron chi connectivity index (χ4n) is 1.73. The summed E-state index contributed by atoms with van der Waals surface area (Å²) in [6.45, 7) is 4.06. The van der Waals surface area contributed by atoms with Gasteiger partial charge in [0.15, 0.2) is 0 Å². The van der Waals surface area contributed by atoms with Crippen LogP contribution in [0.2, 0.25) is 0 Å². The Morgan fingerprint density at radius 2 is 2.27 bits per heavy atom. The molecule has 2 rings (SSSR count). The summed E-state index contributed by atoms with van der Waals surface area (Å²) < 4.78 is 3.15. The van der Waals surface area contributed by atoms with Gasteiger partial charge in [-0.05, 0) is 35.0 Å². The smallest absolute Gasteiger partial charge is 0.113 e. The van der Waals surface area contributed by atoms with E-state index >= 15 is 0 Å². The second-order valence-corrected chi connectivity index (χ2v) is 4.57. The molecule has 0 bridgehead atoms. The number of nitrogens with two attached hydrogens (primary N) is 1. The number of aromatic nitrogens is 2. The molecule has 0 saturated carbocycles. The summed E-state index contributed by atoms with van der Waals surface area (Å²) >= 11 is 3.46. The van der Waals surface area contributed by atoms with E-state index in [-0.39, 0.29) is 6.04 Å². The lowest BCUT2D eigenvalue weighted by Gasteiger charge is -2.01. The van der Waals surface area contributed by atoms with E-state index in [9.17, 15) is 0 Å². The molecule has 2 aromatic heterocycles. The summed E-state index contributed by atoms with van der Waals surface area (Å²) in [6, 6.07) is 4.04. The van der Waals surface area contributed by atoms with Crippen molar-refractivity contribution < 1.29 is 0 Å². The Morgan fingerprint density at radius 3 is 2.87 bits per heavy atom. The van der Waals surface area contributed by atoms with Crippen LogP contribution in [0.5, 0.6) is 0 Å². The molecule has 3 nitrogen and oxygen atoms in total. The monoisotopic (exact) mass is 267 g/mol. The summed E-state index contributed by atoms with van der Waals surface area (Å²) in [4.78, 5) is 4.57. The quantitative estimate of drug-likeness (QED) is 0.909. The van der Waals surface area contributed by atoms with Gasteiger partial charge >= 0.3 is 0 Å². The molecule has 1 atom stereocenters. The number of pyridine rings is 1. The topological polar surface area (TPSA) is 43.3 Å². The molecule has 0 aliphatic carbocycles. The standard InChI is InChI=1S/C11H14BrN3/c1-3-10-14-11(7(2)13)9-5-4-8(12)6-15(9)10/h4-7H,3,13H2,1-2H3. The number of hydrogen-bond acceptors (Lipinski definition) is 2. The van der Waals surface area contributed by atoms with E-state index in [1.807, 2.05) is 19.2 Å². The Hall–Kier alpha value is -0.870. The van der Waals surface area contributed by atoms with Gasteiger partial charge in [-0.25, -0.2) is 4.98 Å². The maximum atomic E-state index is 5.90. The number of fused-ring (bicyclic) bond motifs is 1. The number of imidazole rings is 1. The minimum atomic E-state index is -0.0264. The van der Waals surface area contributed by atoms with Gasteiger partial charge in [0, 0.05) is 23.1 Å². The lowest BCUT2D eigenvalue weighted by molar-refractivity contribution is 0.788. The van der Waals surface area contributed by atoms with E-state index in [2.05, 4.69) is 38.3 Å². The molecule has 2 N–H and O–H groups in total. The Kier molecular flexibility index (Phi) is 2.80. The van der Waals surface area contributed by atoms with E-state index in [1.165, 1.54) is 0 Å². The van der Waals surface area contributed by atoms with Crippen molar-refractivity contribution in [3.05, 3.63) is 34.3 Å². The van der Waals surface area contributed by atoms with Gasteiger partial charge in [0.25, 0.3) is 0 Å². The maximum absolute atomic E-state index is 5.90. The fourth-order valence-corrected chi connectivity index (χ4v) is 2.07. The van der Waals surface area contributed by atoms with Gasteiger partial charge in [0.05, 0.1) is 11.2 Å². The van der Waals surface area contributed by atoms with Crippen molar-refractivity contribution in [3.63, 3.8) is 0 Å². The molecule has 0 radical (unpaired) electrons. The SMILES string of the molecule is CCc1nc(C(C)N)c2ccc(Br)cn12. The molecule has 0 aromatic carbocycles. The van der Waals surface area contributed by atoms with Gasteiger partial charge in [-0.2, -0.15) is 0 Å². The van der Waals surface area contributed by atoms with Crippen LogP contribution in [0.3, 0.4) is 0 Å². The zero-order chi connectivity index (χ0) is 11.0. The average molecular weight is 268 g/mol. The van der Waals surface area contributed by atoms with Crippen LogP contribution in [0.25, 0.3) is 5.52 Å². The first-order valence-electron chi connectivity index (χ1n) is 5.05. The van der Waals surface area contributed by atoms with Crippen molar-refractivity contribution in [2.75, 3.05) is 0 Å². The molecule has 15 heavy (non-hydrogen) atoms. The van der Waals surface area contributed by atoms with Crippen LogP contribution < -0.4 is 5.73 Å². The van der Waals surface area contributed by atoms with E-state index in [0.717, 1.165) is 27.9 Å². The van der Waals surface area contributed by atoms with E-state index in [4.69, 9.17) is 5.73 Å². The molecule has 0 spiro atoms. The highest BCUT2D eigenvalue weighted by Crippen LogP contribution is 2.21. The Labute approximate surface area is 97.4 Å². The number of nitrogens with zero attached hydrogens (tertiary/aromatic N) is 2. The number of rotatable bonds is 2. The van der Waals surface area contributed by atoms with Gasteiger partial charge < -0.3 is 10.1 Å². The van der Waals surface area contributed by atoms with Gasteiger partial charge in [0.1, 0.15) is 5.82 Å². The highest BCUT2D eigenvalue weighted by Gasteiger charge is 2.12. The highest BCUT2D eigenvalue weighted by molar-refractivity contribution is 9.10. The van der Waals surface area contributed by atoms with Crippen molar-refractivity contribution in [2.45, 2.75) is 26.3 Å². The molecule has 80 valence electrons. The van der Waals surface area contributed by atoms with Gasteiger partial charge in [0.2, 0.25) is 0 Å². The first-order valence-corrected chi connectivity index (χ1v) is 5.84. The molecule has 2 aromatic rings. The van der Waals surface area contributed by atoms with Crippen LogP contribution in [0.1, 0.15) is 31.4 Å². The average Bonchev–Trinajstić information content (AvgIpc) is 2.55. The Balaban J connectivity index is 2.75. The van der Waals surface area contributed by atoms with Crippen molar-refractivity contribution in [1.29, 1.82) is 0 Å². The van der Waals surface area contributed by atoms with E-state index < -0.39 is 0 Å². The second-order valence-electron chi connectivity index (χ2n) is 3.66. The molecule has 4 heteroatoms. The molecule has 1 unspecified atom stereocenters. The third kappa shape index (κ3) is 1.79. The summed E-state index contributed by atoms with van der Waals surface area (Å²) in [5, 5.41) is 0. The summed E-state index contributed by atoms with van der Waals surface area (Å²) in [7, 11) is 0. The number of aryl methyl sites for hydroxylation is 1. The third-order valence-corrected chi connectivity index (χ3v) is 2.92. The maximum Gasteiger partial charge on any atom is 0.113 e. The molecule has 0 amide bonds. The molecule has 2 heterocycles. The van der Waals surface area contributed by atoms with E-state index in [1.54, 1.807) is 0 Å². The van der Waals surface area contributed by atoms with Crippen LogP contribution in [-0.4, -0.2) is 9.38 Å². The second kappa shape index (κ2) is 3.94. The van der Waals surface area contributed by atoms with Crippen molar-refractivity contribution in [2.24, 2.45) is 5.73 Å². The number of halogens is 1. The third-order valence-electron chi connectivity index (χ3n) is 2.45. The molecule has 0 fully saturated rings. The van der Waals surface area contributed by atoms with Crippen LogP contribution in [-0.2, 0) is 6.42 Å². The normalized spacial score (nSPS) is 13.3. The van der Waals surface area contributed by atoms with Crippen molar-refractivity contribution >= 4 is 21.4 Å². The lowest BCUT2D eigenvalue weighted by Crippen LogP contribution is -2.05. The zero-order valence-corrected chi connectivity index (χ0v) is 10.5. The highest BCUT2D eigenvalue weighted by atomic mass is 79.9. The molecular formula is C11H14BrN3. The van der Waals surface area contributed by atoms with Gasteiger partial charge in [-0.15, -0.1) is 0 Å². The summed E-state index contributed by atoms with van der Waals surface area (Å²) in [5.41, 5.74) is 7.97. The van der Waals surface area contributed by atoms with Gasteiger partial charge in [-0.3, -0.25) is 0 Å². The molecular weight excluding hydrogens is 254 g/mol. The molecule has 0 saturated heterocycles. The Bertz CT molecular complexity index is 488. The van der Waals surface area contributed by atoms with Crippen molar-refractivity contribution in [3.8, 4) is 0 Å². The largest absolute Gasteiger partial charge is 0.323 e. The predicted octanol–water partition coefficient (Wildman–Crippen LogP) is 2.68. The minimum Gasteiger partial charge on any atom is -0.323 e. The summed E-state index contributed by atoms with van der Waals surface area (Å²) in [6.07, 6.45) is 2.94.